The molecule has 0 aliphatic rings. The first-order valence-corrected chi connectivity index (χ1v) is 7.94. The summed E-state index contributed by atoms with van der Waals surface area (Å²) < 4.78 is 7.13. The van der Waals surface area contributed by atoms with Gasteiger partial charge in [-0.3, -0.25) is 5.41 Å². The van der Waals surface area contributed by atoms with E-state index in [1.165, 1.54) is 11.3 Å². The van der Waals surface area contributed by atoms with Crippen LogP contribution in [0.25, 0.3) is 10.1 Å². The fraction of sp³-hybridized carbons (Fsp3) is 0.111. The van der Waals surface area contributed by atoms with Crippen LogP contribution in [0.15, 0.2) is 48.5 Å². The first kappa shape index (κ1) is 15.1. The molecule has 5 heteroatoms. The maximum atomic E-state index is 8.86. The van der Waals surface area contributed by atoms with Gasteiger partial charge in [-0.25, -0.2) is 0 Å². The highest BCUT2D eigenvalue weighted by molar-refractivity contribution is 7.20. The van der Waals surface area contributed by atoms with Gasteiger partial charge >= 0.3 is 0 Å². The van der Waals surface area contributed by atoms with E-state index >= 15 is 0 Å². The third-order valence-electron chi connectivity index (χ3n) is 3.60. The van der Waals surface area contributed by atoms with E-state index in [0.29, 0.717) is 5.56 Å². The van der Waals surface area contributed by atoms with Gasteiger partial charge in [0.25, 0.3) is 0 Å². The van der Waals surface area contributed by atoms with Crippen molar-refractivity contribution in [2.24, 2.45) is 5.73 Å². The van der Waals surface area contributed by atoms with E-state index in [1.54, 1.807) is 12.1 Å². The molecule has 2 aromatic carbocycles. The Kier molecular flexibility index (Phi) is 4.00. The summed E-state index contributed by atoms with van der Waals surface area (Å²) in [6.07, 6.45) is -0.144. The van der Waals surface area contributed by atoms with Crippen molar-refractivity contribution in [1.82, 2.24) is 0 Å². The smallest absolute Gasteiger partial charge is 0.133 e. The van der Waals surface area contributed by atoms with Crippen LogP contribution in [-0.4, -0.2) is 5.84 Å². The second-order valence-electron chi connectivity index (χ2n) is 5.19. The molecule has 3 aromatic rings. The molecular weight excluding hydrogens is 306 g/mol. The van der Waals surface area contributed by atoms with Crippen LogP contribution in [0.4, 0.5) is 0 Å². The summed E-state index contributed by atoms with van der Waals surface area (Å²) in [5.74, 6) is 0.834. The van der Waals surface area contributed by atoms with Gasteiger partial charge in [0.1, 0.15) is 17.7 Å². The maximum Gasteiger partial charge on any atom is 0.133 e. The molecule has 0 fully saturated rings. The quantitative estimate of drug-likeness (QED) is 0.558. The molecule has 0 spiro atoms. The van der Waals surface area contributed by atoms with Crippen molar-refractivity contribution in [2.45, 2.75) is 13.0 Å². The summed E-state index contributed by atoms with van der Waals surface area (Å²) in [6, 6.07) is 17.2. The van der Waals surface area contributed by atoms with Crippen molar-refractivity contribution >= 4 is 27.3 Å². The molecule has 23 heavy (non-hydrogen) atoms. The summed E-state index contributed by atoms with van der Waals surface area (Å²) in [7, 11) is 0. The average Bonchev–Trinajstić information content (AvgIpc) is 3.00. The van der Waals surface area contributed by atoms with E-state index in [0.717, 1.165) is 26.3 Å². The molecule has 1 heterocycles. The fourth-order valence-corrected chi connectivity index (χ4v) is 3.30. The molecule has 0 aliphatic carbocycles. The topological polar surface area (TPSA) is 82.9 Å². The lowest BCUT2D eigenvalue weighted by Crippen LogP contribution is -2.08. The summed E-state index contributed by atoms with van der Waals surface area (Å²) in [4.78, 5) is 0.738. The number of thiophene rings is 1. The number of ether oxygens (including phenoxy) is 1. The number of nitrogens with zero attached hydrogens (tertiary/aromatic N) is 1. The van der Waals surface area contributed by atoms with Gasteiger partial charge in [0.15, 0.2) is 0 Å². The standard InChI is InChI=1S/C18H15N3OS/c1-11(13-7-5-12(10-19)6-8-13)22-15-3-2-4-16-14(15)9-17(23-16)18(20)21/h2-9,11H,1H3,(H3,20,21). The van der Waals surface area contributed by atoms with Gasteiger partial charge in [-0.2, -0.15) is 5.26 Å². The van der Waals surface area contributed by atoms with Gasteiger partial charge in [0.2, 0.25) is 0 Å². The van der Waals surface area contributed by atoms with E-state index in [9.17, 15) is 0 Å². The number of benzene rings is 2. The molecule has 0 amide bonds. The van der Waals surface area contributed by atoms with Crippen molar-refractivity contribution < 1.29 is 4.74 Å². The van der Waals surface area contributed by atoms with Crippen molar-refractivity contribution in [3.8, 4) is 11.8 Å². The van der Waals surface area contributed by atoms with Gasteiger partial charge < -0.3 is 10.5 Å². The predicted molar refractivity (Wildman–Crippen MR) is 93.0 cm³/mol. The third-order valence-corrected chi connectivity index (χ3v) is 4.73. The zero-order valence-electron chi connectivity index (χ0n) is 12.5. The van der Waals surface area contributed by atoms with Gasteiger partial charge in [-0.05, 0) is 42.8 Å². The molecule has 114 valence electrons. The molecule has 0 bridgehead atoms. The number of hydrogen-bond acceptors (Lipinski definition) is 4. The molecule has 0 aliphatic heterocycles. The molecule has 3 N–H and O–H groups in total. The van der Waals surface area contributed by atoms with E-state index in [4.69, 9.17) is 21.1 Å². The molecule has 1 atom stereocenters. The summed E-state index contributed by atoms with van der Waals surface area (Å²) in [5, 5.41) is 17.4. The largest absolute Gasteiger partial charge is 0.485 e. The number of fused-ring (bicyclic) bond motifs is 1. The fourth-order valence-electron chi connectivity index (χ4n) is 2.36. The Bertz CT molecular complexity index is 906. The van der Waals surface area contributed by atoms with Crippen molar-refractivity contribution in [1.29, 1.82) is 10.7 Å². The van der Waals surface area contributed by atoms with Gasteiger partial charge in [-0.1, -0.05) is 18.2 Å². The molecule has 0 saturated heterocycles. The number of nitrogens with two attached hydrogens (primary N) is 1. The molecule has 1 unspecified atom stereocenters. The summed E-state index contributed by atoms with van der Waals surface area (Å²) in [6.45, 7) is 1.97. The number of nitriles is 1. The van der Waals surface area contributed by atoms with Crippen molar-refractivity contribution in [3.05, 3.63) is 64.5 Å². The molecular formula is C18H15N3OS. The second kappa shape index (κ2) is 6.11. The number of rotatable bonds is 4. The summed E-state index contributed by atoms with van der Waals surface area (Å²) in [5.41, 5.74) is 7.21. The highest BCUT2D eigenvalue weighted by atomic mass is 32.1. The zero-order valence-corrected chi connectivity index (χ0v) is 13.4. The normalized spacial score (nSPS) is 11.8. The lowest BCUT2D eigenvalue weighted by atomic mass is 10.1. The Hall–Kier alpha value is -2.84. The first-order valence-electron chi connectivity index (χ1n) is 7.12. The van der Waals surface area contributed by atoms with Gasteiger partial charge in [0.05, 0.1) is 16.5 Å². The Labute approximate surface area is 138 Å². The summed E-state index contributed by atoms with van der Waals surface area (Å²) >= 11 is 1.48. The SMILES string of the molecule is CC(Oc1cccc2sc(C(=N)N)cc12)c1ccc(C#N)cc1. The molecule has 4 nitrogen and oxygen atoms in total. The van der Waals surface area contributed by atoms with Crippen LogP contribution in [0.1, 0.15) is 29.0 Å². The minimum atomic E-state index is -0.144. The van der Waals surface area contributed by atoms with E-state index in [-0.39, 0.29) is 11.9 Å². The second-order valence-corrected chi connectivity index (χ2v) is 6.27. The number of amidine groups is 1. The minimum Gasteiger partial charge on any atom is -0.485 e. The van der Waals surface area contributed by atoms with Crippen LogP contribution < -0.4 is 10.5 Å². The highest BCUT2D eigenvalue weighted by Gasteiger charge is 2.12. The molecule has 1 aromatic heterocycles. The van der Waals surface area contributed by atoms with E-state index < -0.39 is 0 Å². The van der Waals surface area contributed by atoms with Crippen LogP contribution in [0.2, 0.25) is 0 Å². The van der Waals surface area contributed by atoms with Crippen LogP contribution in [0.3, 0.4) is 0 Å². The Morgan fingerprint density at radius 1 is 1.26 bits per heavy atom. The van der Waals surface area contributed by atoms with Crippen molar-refractivity contribution in [3.63, 3.8) is 0 Å². The maximum absolute atomic E-state index is 8.86. The number of nitrogens with one attached hydrogen (secondary N) is 1. The minimum absolute atomic E-state index is 0.0669. The average molecular weight is 321 g/mol. The first-order chi connectivity index (χ1) is 11.1. The third kappa shape index (κ3) is 3.03. The number of hydrogen-bond donors (Lipinski definition) is 2. The Morgan fingerprint density at radius 3 is 2.65 bits per heavy atom. The van der Waals surface area contributed by atoms with Crippen LogP contribution in [-0.2, 0) is 0 Å². The lowest BCUT2D eigenvalue weighted by molar-refractivity contribution is 0.230. The lowest BCUT2D eigenvalue weighted by Gasteiger charge is -2.16. The van der Waals surface area contributed by atoms with Crippen LogP contribution in [0, 0.1) is 16.7 Å². The predicted octanol–water partition coefficient (Wildman–Crippen LogP) is 4.20. The molecule has 3 rings (SSSR count). The van der Waals surface area contributed by atoms with Crippen LogP contribution in [0.5, 0.6) is 5.75 Å². The van der Waals surface area contributed by atoms with E-state index in [1.807, 2.05) is 43.3 Å². The molecule has 0 saturated carbocycles. The van der Waals surface area contributed by atoms with E-state index in [2.05, 4.69) is 6.07 Å². The Morgan fingerprint density at radius 2 is 2.00 bits per heavy atom. The van der Waals surface area contributed by atoms with Gasteiger partial charge in [0, 0.05) is 10.1 Å². The zero-order chi connectivity index (χ0) is 16.4. The number of nitrogen functional groups attached to an aromatic ring is 1. The highest BCUT2D eigenvalue weighted by Crippen LogP contribution is 2.34. The Balaban J connectivity index is 1.91. The van der Waals surface area contributed by atoms with Crippen molar-refractivity contribution in [2.75, 3.05) is 0 Å². The monoisotopic (exact) mass is 321 g/mol. The molecule has 0 radical (unpaired) electrons. The van der Waals surface area contributed by atoms with Crippen LogP contribution >= 0.6 is 11.3 Å². The van der Waals surface area contributed by atoms with Gasteiger partial charge in [-0.15, -0.1) is 11.3 Å².